The van der Waals surface area contributed by atoms with Gasteiger partial charge >= 0.3 is 0 Å². The molecule has 0 radical (unpaired) electrons. The highest BCUT2D eigenvalue weighted by Gasteiger charge is 2.08. The van der Waals surface area contributed by atoms with Gasteiger partial charge in [0.25, 0.3) is 0 Å². The number of carbonyl (C=O) groups excluding carboxylic acids is 1. The van der Waals surface area contributed by atoms with E-state index in [1.807, 2.05) is 0 Å². The lowest BCUT2D eigenvalue weighted by atomic mass is 10.1. The summed E-state index contributed by atoms with van der Waals surface area (Å²) >= 11 is 0. The van der Waals surface area contributed by atoms with Crippen molar-refractivity contribution >= 4 is 16.6 Å². The first-order valence-electron chi connectivity index (χ1n) is 6.23. The summed E-state index contributed by atoms with van der Waals surface area (Å²) in [5.74, 6) is 0.357. The van der Waals surface area contributed by atoms with E-state index in [-0.39, 0.29) is 23.8 Å². The summed E-state index contributed by atoms with van der Waals surface area (Å²) in [6.45, 7) is 2.09. The van der Waals surface area contributed by atoms with Crippen molar-refractivity contribution < 1.29 is 13.4 Å². The Morgan fingerprint density at radius 3 is 2.50 bits per heavy atom. The number of hydrogen-bond acceptors (Lipinski definition) is 2. The van der Waals surface area contributed by atoms with E-state index >= 15 is 0 Å². The van der Waals surface area contributed by atoms with Crippen molar-refractivity contribution in [2.75, 3.05) is 11.5 Å². The summed E-state index contributed by atoms with van der Waals surface area (Å²) in [6, 6.07) is 5.85. The Kier molecular flexibility index (Phi) is 6.80. The van der Waals surface area contributed by atoms with Gasteiger partial charge in [0.05, 0.1) is 5.75 Å². The number of unbranched alkanes of at least 4 members (excludes halogenated alkanes) is 2. The van der Waals surface area contributed by atoms with Gasteiger partial charge in [0.2, 0.25) is 0 Å². The fourth-order valence-corrected chi connectivity index (χ4v) is 2.78. The quantitative estimate of drug-likeness (QED) is 0.681. The first-order valence-corrected chi connectivity index (χ1v) is 7.71. The fraction of sp³-hybridized carbons (Fsp3) is 0.500. The molecule has 0 aromatic heterocycles. The minimum atomic E-state index is -1.05. The maximum Gasteiger partial charge on any atom is 0.149 e. The van der Waals surface area contributed by atoms with Gasteiger partial charge in [0.1, 0.15) is 11.6 Å². The van der Waals surface area contributed by atoms with E-state index in [0.717, 1.165) is 24.8 Å². The molecule has 0 saturated heterocycles. The molecule has 0 aliphatic carbocycles. The number of carbonyl (C=O) groups is 1. The fourth-order valence-electron chi connectivity index (χ4n) is 1.65. The van der Waals surface area contributed by atoms with Crippen LogP contribution in [0.25, 0.3) is 0 Å². The number of hydrogen-bond donors (Lipinski definition) is 0. The Morgan fingerprint density at radius 1 is 1.22 bits per heavy atom. The van der Waals surface area contributed by atoms with E-state index in [1.54, 1.807) is 12.1 Å². The van der Waals surface area contributed by atoms with Gasteiger partial charge in [-0.25, -0.2) is 4.39 Å². The largest absolute Gasteiger partial charge is 0.298 e. The van der Waals surface area contributed by atoms with Crippen LogP contribution in [0.1, 0.15) is 31.7 Å². The lowest BCUT2D eigenvalue weighted by Gasteiger charge is -2.02. The highest BCUT2D eigenvalue weighted by Crippen LogP contribution is 2.05. The van der Waals surface area contributed by atoms with Crippen LogP contribution in [0.15, 0.2) is 24.3 Å². The molecular weight excluding hydrogens is 251 g/mol. The first-order chi connectivity index (χ1) is 8.61. The van der Waals surface area contributed by atoms with Crippen molar-refractivity contribution in [3.05, 3.63) is 35.6 Å². The zero-order chi connectivity index (χ0) is 13.4. The number of ketones is 1. The third-order valence-corrected chi connectivity index (χ3v) is 4.00. The second-order valence-corrected chi connectivity index (χ2v) is 5.91. The third-order valence-electron chi connectivity index (χ3n) is 2.61. The van der Waals surface area contributed by atoms with Crippen LogP contribution in [0.3, 0.4) is 0 Å². The van der Waals surface area contributed by atoms with Crippen LogP contribution in [0.4, 0.5) is 4.39 Å². The molecule has 0 saturated carbocycles. The van der Waals surface area contributed by atoms with Crippen LogP contribution < -0.4 is 0 Å². The molecule has 100 valence electrons. The van der Waals surface area contributed by atoms with Crippen LogP contribution in [-0.4, -0.2) is 21.5 Å². The van der Waals surface area contributed by atoms with Gasteiger partial charge in [-0.2, -0.15) is 0 Å². The predicted octanol–water partition coefficient (Wildman–Crippen LogP) is 2.88. The molecule has 0 aliphatic rings. The summed E-state index contributed by atoms with van der Waals surface area (Å²) in [5, 5.41) is 0. The Labute approximate surface area is 110 Å². The van der Waals surface area contributed by atoms with Gasteiger partial charge in [0, 0.05) is 23.0 Å². The smallest absolute Gasteiger partial charge is 0.149 e. The summed E-state index contributed by atoms with van der Waals surface area (Å²) in [6.07, 6.45) is 3.28. The van der Waals surface area contributed by atoms with Gasteiger partial charge in [-0.1, -0.05) is 31.9 Å². The van der Waals surface area contributed by atoms with Gasteiger partial charge in [-0.3, -0.25) is 9.00 Å². The van der Waals surface area contributed by atoms with E-state index in [4.69, 9.17) is 0 Å². The van der Waals surface area contributed by atoms with Gasteiger partial charge in [0.15, 0.2) is 0 Å². The number of benzene rings is 1. The Bertz CT molecular complexity index is 401. The molecule has 0 amide bonds. The highest BCUT2D eigenvalue weighted by atomic mass is 32.2. The average Bonchev–Trinajstić information content (AvgIpc) is 2.32. The Balaban J connectivity index is 2.32. The molecule has 0 spiro atoms. The topological polar surface area (TPSA) is 34.1 Å². The standard InChI is InChI=1S/C14H19FO2S/c1-2-3-4-9-18(17)11-14(16)10-12-5-7-13(15)8-6-12/h5-8H,2-4,9-11H2,1H3. The molecule has 1 atom stereocenters. The minimum absolute atomic E-state index is 0.0450. The number of rotatable bonds is 8. The van der Waals surface area contributed by atoms with Crippen molar-refractivity contribution in [1.29, 1.82) is 0 Å². The van der Waals surface area contributed by atoms with Crippen molar-refractivity contribution in [2.24, 2.45) is 0 Å². The number of halogens is 1. The predicted molar refractivity (Wildman–Crippen MR) is 72.5 cm³/mol. The summed E-state index contributed by atoms with van der Waals surface area (Å²) in [5.41, 5.74) is 0.770. The third kappa shape index (κ3) is 6.05. The van der Waals surface area contributed by atoms with Gasteiger partial charge < -0.3 is 0 Å². The van der Waals surface area contributed by atoms with E-state index in [9.17, 15) is 13.4 Å². The molecule has 2 nitrogen and oxygen atoms in total. The minimum Gasteiger partial charge on any atom is -0.298 e. The lowest BCUT2D eigenvalue weighted by molar-refractivity contribution is -0.116. The number of Topliss-reactive ketones (excluding diaryl/α,β-unsaturated/α-hetero) is 1. The lowest BCUT2D eigenvalue weighted by Crippen LogP contribution is -2.15. The molecular formula is C14H19FO2S. The SMILES string of the molecule is CCCCCS(=O)CC(=O)Cc1ccc(F)cc1. The average molecular weight is 270 g/mol. The van der Waals surface area contributed by atoms with Crippen LogP contribution in [0.5, 0.6) is 0 Å². The molecule has 0 bridgehead atoms. The van der Waals surface area contributed by atoms with Gasteiger partial charge in [-0.05, 0) is 24.1 Å². The van der Waals surface area contributed by atoms with Crippen LogP contribution in [0, 0.1) is 5.82 Å². The molecule has 18 heavy (non-hydrogen) atoms. The zero-order valence-electron chi connectivity index (χ0n) is 10.7. The summed E-state index contributed by atoms with van der Waals surface area (Å²) in [4.78, 5) is 11.7. The molecule has 0 fully saturated rings. The second-order valence-electron chi connectivity index (χ2n) is 4.34. The molecule has 0 heterocycles. The van der Waals surface area contributed by atoms with Crippen molar-refractivity contribution in [3.63, 3.8) is 0 Å². The molecule has 1 aromatic rings. The summed E-state index contributed by atoms with van der Waals surface area (Å²) < 4.78 is 24.3. The van der Waals surface area contributed by atoms with E-state index in [0.29, 0.717) is 5.75 Å². The van der Waals surface area contributed by atoms with E-state index in [2.05, 4.69) is 6.92 Å². The van der Waals surface area contributed by atoms with Crippen LogP contribution in [0.2, 0.25) is 0 Å². The second kappa shape index (κ2) is 8.14. The van der Waals surface area contributed by atoms with E-state index < -0.39 is 10.8 Å². The highest BCUT2D eigenvalue weighted by molar-refractivity contribution is 7.85. The first kappa shape index (κ1) is 15.0. The van der Waals surface area contributed by atoms with Crippen LogP contribution in [-0.2, 0) is 22.0 Å². The molecule has 4 heteroatoms. The molecule has 0 N–H and O–H groups in total. The maximum absolute atomic E-state index is 12.7. The van der Waals surface area contributed by atoms with Crippen LogP contribution >= 0.6 is 0 Å². The molecule has 1 rings (SSSR count). The monoisotopic (exact) mass is 270 g/mol. The van der Waals surface area contributed by atoms with E-state index in [1.165, 1.54) is 12.1 Å². The zero-order valence-corrected chi connectivity index (χ0v) is 11.5. The molecule has 1 aromatic carbocycles. The molecule has 1 unspecified atom stereocenters. The Hall–Kier alpha value is -1.03. The normalized spacial score (nSPS) is 12.3. The molecule has 0 aliphatic heterocycles. The maximum atomic E-state index is 12.7. The Morgan fingerprint density at radius 2 is 1.89 bits per heavy atom. The van der Waals surface area contributed by atoms with Crippen molar-refractivity contribution in [2.45, 2.75) is 32.6 Å². The summed E-state index contributed by atoms with van der Waals surface area (Å²) in [7, 11) is -1.05. The van der Waals surface area contributed by atoms with Gasteiger partial charge in [-0.15, -0.1) is 0 Å². The van der Waals surface area contributed by atoms with Crippen molar-refractivity contribution in [1.82, 2.24) is 0 Å². The van der Waals surface area contributed by atoms with Crippen molar-refractivity contribution in [3.8, 4) is 0 Å².